The fraction of sp³-hybridized carbons (Fsp3) is 0.300. The molecule has 0 spiro atoms. The second kappa shape index (κ2) is 7.15. The summed E-state index contributed by atoms with van der Waals surface area (Å²) in [6.07, 6.45) is 0. The molecule has 0 bridgehead atoms. The summed E-state index contributed by atoms with van der Waals surface area (Å²) in [6, 6.07) is 10.9. The van der Waals surface area contributed by atoms with Crippen LogP contribution in [0.25, 0.3) is 0 Å². The molecular formula is C20H20FNO4. The molecule has 0 aliphatic carbocycles. The van der Waals surface area contributed by atoms with Crippen LogP contribution in [0.1, 0.15) is 27.4 Å². The van der Waals surface area contributed by atoms with Crippen molar-refractivity contribution in [1.29, 1.82) is 0 Å². The fourth-order valence-corrected chi connectivity index (χ4v) is 3.46. The minimum absolute atomic E-state index is 0.126. The molecule has 1 N–H and O–H groups in total. The van der Waals surface area contributed by atoms with Crippen LogP contribution < -0.4 is 4.74 Å². The van der Waals surface area contributed by atoms with Crippen molar-refractivity contribution in [2.45, 2.75) is 12.8 Å². The molecule has 2 aromatic carbocycles. The third-order valence-electron chi connectivity index (χ3n) is 4.86. The van der Waals surface area contributed by atoms with Gasteiger partial charge in [-0.15, -0.1) is 0 Å². The Morgan fingerprint density at radius 3 is 2.42 bits per heavy atom. The molecule has 1 saturated heterocycles. The van der Waals surface area contributed by atoms with Gasteiger partial charge < -0.3 is 14.7 Å². The number of nitrogens with zero attached hydrogens (tertiary/aromatic N) is 1. The van der Waals surface area contributed by atoms with E-state index in [-0.39, 0.29) is 30.7 Å². The number of rotatable bonds is 4. The maximum Gasteiger partial charge on any atom is 0.308 e. The van der Waals surface area contributed by atoms with Crippen LogP contribution in [0.2, 0.25) is 0 Å². The molecule has 1 aliphatic rings. The van der Waals surface area contributed by atoms with E-state index in [0.717, 1.165) is 11.1 Å². The Balaban J connectivity index is 1.85. The van der Waals surface area contributed by atoms with Crippen molar-refractivity contribution in [3.8, 4) is 5.75 Å². The maximum absolute atomic E-state index is 13.2. The predicted octanol–water partition coefficient (Wildman–Crippen LogP) is 3.08. The van der Waals surface area contributed by atoms with Crippen molar-refractivity contribution in [3.05, 3.63) is 65.0 Å². The van der Waals surface area contributed by atoms with Gasteiger partial charge in [-0.25, -0.2) is 4.39 Å². The van der Waals surface area contributed by atoms with E-state index in [2.05, 4.69) is 0 Å². The highest BCUT2D eigenvalue weighted by atomic mass is 19.1. The quantitative estimate of drug-likeness (QED) is 0.913. The number of carbonyl (C=O) groups is 2. The number of halogens is 1. The second-order valence-electron chi connectivity index (χ2n) is 6.50. The van der Waals surface area contributed by atoms with Crippen LogP contribution in [0.5, 0.6) is 5.75 Å². The number of hydrogen-bond acceptors (Lipinski definition) is 3. The van der Waals surface area contributed by atoms with Crippen molar-refractivity contribution in [1.82, 2.24) is 4.90 Å². The molecule has 6 heteroatoms. The molecule has 0 saturated carbocycles. The lowest BCUT2D eigenvalue weighted by Gasteiger charge is -2.17. The number of ether oxygens (including phenoxy) is 1. The smallest absolute Gasteiger partial charge is 0.308 e. The normalized spacial score (nSPS) is 19.4. The standard InChI is InChI=1S/C20H20FNO4/c1-12-9-14(5-8-18(12)26-2)19(23)22-10-16(17(11-22)20(24)25)13-3-6-15(21)7-4-13/h3-9,16-17H,10-11H2,1-2H3,(H,24,25)/t16-,17+/m0/s1. The van der Waals surface area contributed by atoms with E-state index >= 15 is 0 Å². The summed E-state index contributed by atoms with van der Waals surface area (Å²) >= 11 is 0. The maximum atomic E-state index is 13.2. The number of carboxylic acids is 1. The van der Waals surface area contributed by atoms with Gasteiger partial charge >= 0.3 is 5.97 Å². The summed E-state index contributed by atoms with van der Waals surface area (Å²) in [5.74, 6) is -1.94. The lowest BCUT2D eigenvalue weighted by molar-refractivity contribution is -0.141. The highest BCUT2D eigenvalue weighted by Gasteiger charge is 2.40. The summed E-state index contributed by atoms with van der Waals surface area (Å²) in [7, 11) is 1.56. The zero-order valence-corrected chi connectivity index (χ0v) is 14.6. The first-order chi connectivity index (χ1) is 12.4. The Hall–Kier alpha value is -2.89. The van der Waals surface area contributed by atoms with Crippen LogP contribution in [0.3, 0.4) is 0 Å². The van der Waals surface area contributed by atoms with Gasteiger partial charge in [0.05, 0.1) is 13.0 Å². The molecule has 2 atom stereocenters. The SMILES string of the molecule is COc1ccc(C(=O)N2C[C@@H](C(=O)O)[C@H](c3ccc(F)cc3)C2)cc1C. The van der Waals surface area contributed by atoms with E-state index in [4.69, 9.17) is 4.74 Å². The lowest BCUT2D eigenvalue weighted by atomic mass is 9.89. The molecule has 2 aromatic rings. The van der Waals surface area contributed by atoms with E-state index in [1.165, 1.54) is 12.1 Å². The van der Waals surface area contributed by atoms with E-state index < -0.39 is 11.9 Å². The van der Waals surface area contributed by atoms with Crippen molar-refractivity contribution >= 4 is 11.9 Å². The van der Waals surface area contributed by atoms with Gasteiger partial charge in [0, 0.05) is 24.6 Å². The van der Waals surface area contributed by atoms with Crippen LogP contribution in [-0.4, -0.2) is 42.1 Å². The molecule has 136 valence electrons. The average Bonchev–Trinajstić information content (AvgIpc) is 3.07. The number of methoxy groups -OCH3 is 1. The fourth-order valence-electron chi connectivity index (χ4n) is 3.46. The molecule has 1 amide bonds. The molecule has 1 heterocycles. The molecule has 1 fully saturated rings. The Labute approximate surface area is 151 Å². The monoisotopic (exact) mass is 357 g/mol. The Morgan fingerprint density at radius 2 is 1.85 bits per heavy atom. The number of hydrogen-bond donors (Lipinski definition) is 1. The Kier molecular flexibility index (Phi) is 4.93. The second-order valence-corrected chi connectivity index (χ2v) is 6.50. The topological polar surface area (TPSA) is 66.8 Å². The van der Waals surface area contributed by atoms with Crippen LogP contribution in [0.15, 0.2) is 42.5 Å². The number of aryl methyl sites for hydroxylation is 1. The molecular weight excluding hydrogens is 337 g/mol. The van der Waals surface area contributed by atoms with Gasteiger partial charge in [0.2, 0.25) is 0 Å². The third kappa shape index (κ3) is 3.40. The highest BCUT2D eigenvalue weighted by Crippen LogP contribution is 2.34. The van der Waals surface area contributed by atoms with E-state index in [1.807, 2.05) is 6.92 Å². The van der Waals surface area contributed by atoms with E-state index in [0.29, 0.717) is 11.3 Å². The summed E-state index contributed by atoms with van der Waals surface area (Å²) in [5.41, 5.74) is 2.05. The molecule has 1 aliphatic heterocycles. The molecule has 0 aromatic heterocycles. The summed E-state index contributed by atoms with van der Waals surface area (Å²) in [5, 5.41) is 9.55. The number of carboxylic acid groups (broad SMARTS) is 1. The minimum atomic E-state index is -0.958. The lowest BCUT2D eigenvalue weighted by Crippen LogP contribution is -2.30. The van der Waals surface area contributed by atoms with Gasteiger partial charge in [0.15, 0.2) is 0 Å². The number of carbonyl (C=O) groups excluding carboxylic acids is 1. The molecule has 5 nitrogen and oxygen atoms in total. The highest BCUT2D eigenvalue weighted by molar-refractivity contribution is 5.95. The van der Waals surface area contributed by atoms with Gasteiger partial charge in [-0.3, -0.25) is 9.59 Å². The van der Waals surface area contributed by atoms with Crippen molar-refractivity contribution in [2.24, 2.45) is 5.92 Å². The first-order valence-electron chi connectivity index (χ1n) is 8.33. The van der Waals surface area contributed by atoms with Crippen molar-refractivity contribution < 1.29 is 23.8 Å². The third-order valence-corrected chi connectivity index (χ3v) is 4.86. The zero-order valence-electron chi connectivity index (χ0n) is 14.6. The van der Waals surface area contributed by atoms with Gasteiger partial charge in [0.25, 0.3) is 5.91 Å². The van der Waals surface area contributed by atoms with Gasteiger partial charge in [-0.2, -0.15) is 0 Å². The average molecular weight is 357 g/mol. The van der Waals surface area contributed by atoms with Crippen LogP contribution >= 0.6 is 0 Å². The minimum Gasteiger partial charge on any atom is -0.496 e. The largest absolute Gasteiger partial charge is 0.496 e. The summed E-state index contributed by atoms with van der Waals surface area (Å²) in [4.78, 5) is 26.0. The first kappa shape index (κ1) is 17.9. The molecule has 26 heavy (non-hydrogen) atoms. The van der Waals surface area contributed by atoms with E-state index in [1.54, 1.807) is 42.3 Å². The van der Waals surface area contributed by atoms with Gasteiger partial charge in [-0.1, -0.05) is 12.1 Å². The number of likely N-dealkylation sites (tertiary alicyclic amines) is 1. The van der Waals surface area contributed by atoms with Crippen molar-refractivity contribution in [3.63, 3.8) is 0 Å². The first-order valence-corrected chi connectivity index (χ1v) is 8.33. The van der Waals surface area contributed by atoms with Crippen LogP contribution in [0, 0.1) is 18.7 Å². The van der Waals surface area contributed by atoms with E-state index in [9.17, 15) is 19.1 Å². The summed E-state index contributed by atoms with van der Waals surface area (Å²) in [6.45, 7) is 2.26. The van der Waals surface area contributed by atoms with Crippen LogP contribution in [0.4, 0.5) is 4.39 Å². The zero-order chi connectivity index (χ0) is 18.8. The Bertz CT molecular complexity index is 834. The van der Waals surface area contributed by atoms with Crippen LogP contribution in [-0.2, 0) is 4.79 Å². The number of amides is 1. The number of aliphatic carboxylic acids is 1. The molecule has 0 unspecified atom stereocenters. The summed E-state index contributed by atoms with van der Waals surface area (Å²) < 4.78 is 18.4. The van der Waals surface area contributed by atoms with Crippen molar-refractivity contribution in [2.75, 3.05) is 20.2 Å². The van der Waals surface area contributed by atoms with Gasteiger partial charge in [0.1, 0.15) is 11.6 Å². The molecule has 3 rings (SSSR count). The van der Waals surface area contributed by atoms with Gasteiger partial charge in [-0.05, 0) is 48.4 Å². The predicted molar refractivity (Wildman–Crippen MR) is 93.9 cm³/mol. The number of benzene rings is 2. The molecule has 0 radical (unpaired) electrons. The Morgan fingerprint density at radius 1 is 1.15 bits per heavy atom.